The van der Waals surface area contributed by atoms with Gasteiger partial charge in [-0.15, -0.1) is 0 Å². The van der Waals surface area contributed by atoms with Crippen molar-refractivity contribution in [3.63, 3.8) is 0 Å². The van der Waals surface area contributed by atoms with Crippen LogP contribution in [0.5, 0.6) is 0 Å². The van der Waals surface area contributed by atoms with E-state index in [9.17, 15) is 14.4 Å². The summed E-state index contributed by atoms with van der Waals surface area (Å²) in [6.45, 7) is 5.61. The number of nitrogens with one attached hydrogen (secondary N) is 1. The van der Waals surface area contributed by atoms with Crippen LogP contribution < -0.4 is 5.32 Å². The van der Waals surface area contributed by atoms with Crippen molar-refractivity contribution < 1.29 is 14.4 Å². The second-order valence-electron chi connectivity index (χ2n) is 4.80. The average molecular weight is 269 g/mol. The van der Waals surface area contributed by atoms with Crippen LogP contribution in [0.15, 0.2) is 0 Å². The number of amides is 3. The number of carbonyl (C=O) groups is 3. The van der Waals surface area contributed by atoms with Gasteiger partial charge in [0.1, 0.15) is 0 Å². The van der Waals surface area contributed by atoms with Crippen molar-refractivity contribution in [2.24, 2.45) is 5.92 Å². The van der Waals surface area contributed by atoms with E-state index in [1.54, 1.807) is 11.9 Å². The fourth-order valence-corrected chi connectivity index (χ4v) is 2.21. The van der Waals surface area contributed by atoms with E-state index in [1.807, 2.05) is 13.8 Å². The van der Waals surface area contributed by atoms with Crippen molar-refractivity contribution in [1.29, 1.82) is 0 Å². The Balaban J connectivity index is 2.48. The SMILES string of the molecule is CCN(CC)C(=O)CN(C)C(=O)C1CCC(=O)NC1. The van der Waals surface area contributed by atoms with Crippen LogP contribution in [0.1, 0.15) is 26.7 Å². The van der Waals surface area contributed by atoms with E-state index < -0.39 is 0 Å². The Morgan fingerprint density at radius 3 is 2.42 bits per heavy atom. The first-order valence-corrected chi connectivity index (χ1v) is 6.79. The molecule has 6 heteroatoms. The summed E-state index contributed by atoms with van der Waals surface area (Å²) in [5.74, 6) is -0.320. The molecule has 1 saturated heterocycles. The smallest absolute Gasteiger partial charge is 0.242 e. The summed E-state index contributed by atoms with van der Waals surface area (Å²) >= 11 is 0. The number of hydrogen-bond donors (Lipinski definition) is 1. The zero-order valence-corrected chi connectivity index (χ0v) is 11.9. The Morgan fingerprint density at radius 1 is 1.32 bits per heavy atom. The van der Waals surface area contributed by atoms with Crippen molar-refractivity contribution in [2.45, 2.75) is 26.7 Å². The lowest BCUT2D eigenvalue weighted by Gasteiger charge is -2.28. The van der Waals surface area contributed by atoms with Gasteiger partial charge in [-0.3, -0.25) is 14.4 Å². The number of rotatable bonds is 5. The number of nitrogens with zero attached hydrogens (tertiary/aromatic N) is 2. The van der Waals surface area contributed by atoms with Crippen LogP contribution in [0.25, 0.3) is 0 Å². The Bertz CT molecular complexity index is 343. The summed E-state index contributed by atoms with van der Waals surface area (Å²) in [7, 11) is 1.64. The highest BCUT2D eigenvalue weighted by molar-refractivity contribution is 5.87. The Labute approximate surface area is 114 Å². The third-order valence-corrected chi connectivity index (χ3v) is 3.48. The average Bonchev–Trinajstić information content (AvgIpc) is 2.40. The topological polar surface area (TPSA) is 69.7 Å². The summed E-state index contributed by atoms with van der Waals surface area (Å²) in [5.41, 5.74) is 0. The van der Waals surface area contributed by atoms with Crippen LogP contribution in [-0.4, -0.2) is 60.7 Å². The van der Waals surface area contributed by atoms with Gasteiger partial charge in [-0.25, -0.2) is 0 Å². The lowest BCUT2D eigenvalue weighted by atomic mass is 9.98. The largest absolute Gasteiger partial charge is 0.355 e. The van der Waals surface area contributed by atoms with Crippen LogP contribution in [0.4, 0.5) is 0 Å². The fraction of sp³-hybridized carbons (Fsp3) is 0.769. The predicted molar refractivity (Wildman–Crippen MR) is 71.3 cm³/mol. The molecule has 1 N–H and O–H groups in total. The standard InChI is InChI=1S/C13H23N3O3/c1-4-16(5-2)12(18)9-15(3)13(19)10-6-7-11(17)14-8-10/h10H,4-9H2,1-3H3,(H,14,17). The fourth-order valence-electron chi connectivity index (χ4n) is 2.21. The molecule has 0 aliphatic carbocycles. The number of likely N-dealkylation sites (N-methyl/N-ethyl adjacent to an activating group) is 2. The molecule has 0 bridgehead atoms. The third-order valence-electron chi connectivity index (χ3n) is 3.48. The molecule has 0 saturated carbocycles. The molecule has 1 heterocycles. The molecule has 0 radical (unpaired) electrons. The predicted octanol–water partition coefficient (Wildman–Crippen LogP) is -0.161. The molecule has 1 atom stereocenters. The van der Waals surface area contributed by atoms with E-state index in [0.717, 1.165) is 0 Å². The van der Waals surface area contributed by atoms with Crippen molar-refractivity contribution in [3.05, 3.63) is 0 Å². The molecule has 19 heavy (non-hydrogen) atoms. The van der Waals surface area contributed by atoms with E-state index in [1.165, 1.54) is 4.90 Å². The maximum absolute atomic E-state index is 12.1. The normalized spacial score (nSPS) is 18.7. The molecule has 0 spiro atoms. The lowest BCUT2D eigenvalue weighted by Crippen LogP contribution is -2.47. The van der Waals surface area contributed by atoms with Crippen molar-refractivity contribution in [2.75, 3.05) is 33.2 Å². The highest BCUT2D eigenvalue weighted by Gasteiger charge is 2.28. The Kier molecular flexibility index (Phi) is 5.79. The third kappa shape index (κ3) is 4.22. The highest BCUT2D eigenvalue weighted by atomic mass is 16.2. The number of hydrogen-bond acceptors (Lipinski definition) is 3. The van der Waals surface area contributed by atoms with Gasteiger partial charge in [-0.2, -0.15) is 0 Å². The van der Waals surface area contributed by atoms with Gasteiger partial charge < -0.3 is 15.1 Å². The summed E-state index contributed by atoms with van der Waals surface area (Å²) in [5, 5.41) is 2.68. The molecule has 0 aromatic heterocycles. The minimum absolute atomic E-state index is 0.00841. The van der Waals surface area contributed by atoms with Crippen LogP contribution >= 0.6 is 0 Å². The maximum atomic E-state index is 12.1. The van der Waals surface area contributed by atoms with Gasteiger partial charge in [0.2, 0.25) is 17.7 Å². The van der Waals surface area contributed by atoms with Gasteiger partial charge in [0, 0.05) is 33.1 Å². The van der Waals surface area contributed by atoms with E-state index in [0.29, 0.717) is 32.5 Å². The minimum atomic E-state index is -0.202. The molecule has 0 aromatic rings. The second-order valence-corrected chi connectivity index (χ2v) is 4.80. The van der Waals surface area contributed by atoms with Crippen LogP contribution in [0, 0.1) is 5.92 Å². The molecule has 0 aromatic carbocycles. The molecule has 1 fully saturated rings. The van der Waals surface area contributed by atoms with Crippen molar-refractivity contribution in [3.8, 4) is 0 Å². The molecule has 1 rings (SSSR count). The molecule has 1 unspecified atom stereocenters. The highest BCUT2D eigenvalue weighted by Crippen LogP contribution is 2.13. The monoisotopic (exact) mass is 269 g/mol. The van der Waals surface area contributed by atoms with Gasteiger partial charge in [0.25, 0.3) is 0 Å². The molecule has 108 valence electrons. The molecular weight excluding hydrogens is 246 g/mol. The Hall–Kier alpha value is -1.59. The quantitative estimate of drug-likeness (QED) is 0.754. The van der Waals surface area contributed by atoms with E-state index in [2.05, 4.69) is 5.32 Å². The van der Waals surface area contributed by atoms with Crippen LogP contribution in [0.2, 0.25) is 0 Å². The van der Waals surface area contributed by atoms with Crippen LogP contribution in [-0.2, 0) is 14.4 Å². The van der Waals surface area contributed by atoms with E-state index >= 15 is 0 Å². The molecule has 1 aliphatic heterocycles. The van der Waals surface area contributed by atoms with Gasteiger partial charge in [-0.05, 0) is 20.3 Å². The second kappa shape index (κ2) is 7.11. The molecule has 6 nitrogen and oxygen atoms in total. The summed E-state index contributed by atoms with van der Waals surface area (Å²) < 4.78 is 0. The minimum Gasteiger partial charge on any atom is -0.355 e. The first-order chi connectivity index (χ1) is 8.99. The van der Waals surface area contributed by atoms with Gasteiger partial charge in [-0.1, -0.05) is 0 Å². The van der Waals surface area contributed by atoms with Gasteiger partial charge >= 0.3 is 0 Å². The Morgan fingerprint density at radius 2 is 1.95 bits per heavy atom. The zero-order chi connectivity index (χ0) is 14.4. The molecule has 3 amide bonds. The first kappa shape index (κ1) is 15.5. The lowest BCUT2D eigenvalue weighted by molar-refractivity contribution is -0.142. The molecule has 1 aliphatic rings. The summed E-state index contributed by atoms with van der Waals surface area (Å²) in [6, 6.07) is 0. The summed E-state index contributed by atoms with van der Waals surface area (Å²) in [6.07, 6.45) is 0.947. The van der Waals surface area contributed by atoms with Gasteiger partial charge in [0.15, 0.2) is 0 Å². The van der Waals surface area contributed by atoms with E-state index in [-0.39, 0.29) is 30.2 Å². The zero-order valence-electron chi connectivity index (χ0n) is 11.9. The van der Waals surface area contributed by atoms with E-state index in [4.69, 9.17) is 0 Å². The molecular formula is C13H23N3O3. The first-order valence-electron chi connectivity index (χ1n) is 6.79. The number of carbonyl (C=O) groups excluding carboxylic acids is 3. The summed E-state index contributed by atoms with van der Waals surface area (Å²) in [4.78, 5) is 38.3. The van der Waals surface area contributed by atoms with Crippen LogP contribution in [0.3, 0.4) is 0 Å². The van der Waals surface area contributed by atoms with Crippen molar-refractivity contribution in [1.82, 2.24) is 15.1 Å². The van der Waals surface area contributed by atoms with Crippen molar-refractivity contribution >= 4 is 17.7 Å². The number of piperidine rings is 1. The maximum Gasteiger partial charge on any atom is 0.242 e. The van der Waals surface area contributed by atoms with Gasteiger partial charge in [0.05, 0.1) is 12.5 Å².